The van der Waals surface area contributed by atoms with Gasteiger partial charge in [-0.2, -0.15) is 0 Å². The highest BCUT2D eigenvalue weighted by Gasteiger charge is 2.30. The van der Waals surface area contributed by atoms with E-state index in [1.165, 1.54) is 50.3 Å². The van der Waals surface area contributed by atoms with E-state index in [1.54, 1.807) is 0 Å². The molecule has 0 saturated carbocycles. The Balaban J connectivity index is 1.58. The van der Waals surface area contributed by atoms with Crippen LogP contribution in [0.25, 0.3) is 0 Å². The van der Waals surface area contributed by atoms with Crippen molar-refractivity contribution >= 4 is 5.69 Å². The molecule has 2 aliphatic heterocycles. The van der Waals surface area contributed by atoms with Gasteiger partial charge in [0, 0.05) is 45.0 Å². The first-order chi connectivity index (χ1) is 8.85. The molecule has 0 aliphatic carbocycles. The minimum atomic E-state index is 0.829. The Morgan fingerprint density at radius 3 is 2.78 bits per heavy atom. The molecule has 0 bridgehead atoms. The molecule has 0 amide bonds. The maximum Gasteiger partial charge on any atom is 0.0337 e. The highest BCUT2D eigenvalue weighted by molar-refractivity contribution is 5.43. The molecular weight excluding hydrogens is 222 g/mol. The maximum atomic E-state index is 3.17. The highest BCUT2D eigenvalue weighted by atomic mass is 15.3. The van der Waals surface area contributed by atoms with Gasteiger partial charge in [-0.1, -0.05) is 12.1 Å². The number of rotatable bonds is 3. The molecule has 18 heavy (non-hydrogen) atoms. The van der Waals surface area contributed by atoms with E-state index >= 15 is 0 Å². The monoisotopic (exact) mass is 245 g/mol. The second kappa shape index (κ2) is 5.29. The smallest absolute Gasteiger partial charge is 0.0337 e. The predicted octanol–water partition coefficient (Wildman–Crippen LogP) is 2.01. The van der Waals surface area contributed by atoms with E-state index in [0.717, 1.165) is 12.6 Å². The van der Waals surface area contributed by atoms with Crippen LogP contribution in [0, 0.1) is 0 Å². The van der Waals surface area contributed by atoms with E-state index in [-0.39, 0.29) is 0 Å². The molecular formula is C15H23N3. The van der Waals surface area contributed by atoms with Crippen LogP contribution in [-0.4, -0.2) is 49.1 Å². The SMILES string of the molecule is CNc1ccc(CN2CCN3CCCC3C2)cc1. The molecule has 0 radical (unpaired) electrons. The number of hydrogen-bond acceptors (Lipinski definition) is 3. The maximum absolute atomic E-state index is 3.17. The molecule has 2 aliphatic rings. The minimum Gasteiger partial charge on any atom is -0.388 e. The number of nitrogens with zero attached hydrogens (tertiary/aromatic N) is 2. The average molecular weight is 245 g/mol. The first-order valence-corrected chi connectivity index (χ1v) is 7.08. The Kier molecular flexibility index (Phi) is 3.52. The van der Waals surface area contributed by atoms with Crippen LogP contribution in [0.3, 0.4) is 0 Å². The van der Waals surface area contributed by atoms with Crippen LogP contribution in [0.5, 0.6) is 0 Å². The molecule has 1 aromatic carbocycles. The summed E-state index contributed by atoms with van der Waals surface area (Å²) in [6.07, 6.45) is 2.80. The fourth-order valence-corrected chi connectivity index (χ4v) is 3.23. The second-order valence-corrected chi connectivity index (χ2v) is 5.51. The van der Waals surface area contributed by atoms with E-state index in [1.807, 2.05) is 7.05 Å². The first-order valence-electron chi connectivity index (χ1n) is 7.08. The summed E-state index contributed by atoms with van der Waals surface area (Å²) in [5.74, 6) is 0. The quantitative estimate of drug-likeness (QED) is 0.879. The van der Waals surface area contributed by atoms with Gasteiger partial charge in [-0.15, -0.1) is 0 Å². The summed E-state index contributed by atoms with van der Waals surface area (Å²) in [6, 6.07) is 9.65. The lowest BCUT2D eigenvalue weighted by Crippen LogP contribution is -2.49. The summed E-state index contributed by atoms with van der Waals surface area (Å²) < 4.78 is 0. The van der Waals surface area contributed by atoms with Gasteiger partial charge in [-0.05, 0) is 37.1 Å². The van der Waals surface area contributed by atoms with Crippen molar-refractivity contribution in [3.8, 4) is 0 Å². The molecule has 0 aromatic heterocycles. The minimum absolute atomic E-state index is 0.829. The van der Waals surface area contributed by atoms with Gasteiger partial charge in [0.15, 0.2) is 0 Å². The van der Waals surface area contributed by atoms with Crippen molar-refractivity contribution in [3.63, 3.8) is 0 Å². The largest absolute Gasteiger partial charge is 0.388 e. The van der Waals surface area contributed by atoms with E-state index in [9.17, 15) is 0 Å². The van der Waals surface area contributed by atoms with Gasteiger partial charge >= 0.3 is 0 Å². The number of nitrogens with one attached hydrogen (secondary N) is 1. The molecule has 1 atom stereocenters. The molecule has 3 heteroatoms. The zero-order chi connectivity index (χ0) is 12.4. The lowest BCUT2D eigenvalue weighted by atomic mass is 10.1. The molecule has 3 rings (SSSR count). The second-order valence-electron chi connectivity index (χ2n) is 5.51. The van der Waals surface area contributed by atoms with Crippen molar-refractivity contribution in [1.29, 1.82) is 0 Å². The van der Waals surface area contributed by atoms with Gasteiger partial charge < -0.3 is 5.32 Å². The molecule has 98 valence electrons. The van der Waals surface area contributed by atoms with Gasteiger partial charge in [0.05, 0.1) is 0 Å². The van der Waals surface area contributed by atoms with Crippen molar-refractivity contribution in [2.75, 3.05) is 38.5 Å². The normalized spacial score (nSPS) is 25.1. The topological polar surface area (TPSA) is 18.5 Å². The van der Waals surface area contributed by atoms with Crippen LogP contribution < -0.4 is 5.32 Å². The van der Waals surface area contributed by atoms with Crippen molar-refractivity contribution in [2.24, 2.45) is 0 Å². The van der Waals surface area contributed by atoms with Gasteiger partial charge in [0.1, 0.15) is 0 Å². The summed E-state index contributed by atoms with van der Waals surface area (Å²) in [5, 5.41) is 3.17. The Morgan fingerprint density at radius 2 is 2.00 bits per heavy atom. The lowest BCUT2D eigenvalue weighted by molar-refractivity contribution is 0.0994. The van der Waals surface area contributed by atoms with E-state index < -0.39 is 0 Å². The summed E-state index contributed by atoms with van der Waals surface area (Å²) in [4.78, 5) is 5.28. The van der Waals surface area contributed by atoms with Crippen molar-refractivity contribution in [3.05, 3.63) is 29.8 Å². The van der Waals surface area contributed by atoms with Crippen LogP contribution in [0.4, 0.5) is 5.69 Å². The average Bonchev–Trinajstić information content (AvgIpc) is 2.87. The Morgan fingerprint density at radius 1 is 1.17 bits per heavy atom. The van der Waals surface area contributed by atoms with Crippen LogP contribution in [0.15, 0.2) is 24.3 Å². The lowest BCUT2D eigenvalue weighted by Gasteiger charge is -2.37. The third kappa shape index (κ3) is 2.52. The van der Waals surface area contributed by atoms with Crippen molar-refractivity contribution < 1.29 is 0 Å². The van der Waals surface area contributed by atoms with Crippen molar-refractivity contribution in [2.45, 2.75) is 25.4 Å². The van der Waals surface area contributed by atoms with E-state index in [0.29, 0.717) is 0 Å². The molecule has 1 N–H and O–H groups in total. The zero-order valence-corrected chi connectivity index (χ0v) is 11.2. The Labute approximate surface area is 110 Å². The third-order valence-electron chi connectivity index (χ3n) is 4.32. The molecule has 1 aromatic rings. The summed E-state index contributed by atoms with van der Waals surface area (Å²) in [5.41, 5.74) is 2.62. The van der Waals surface area contributed by atoms with Crippen LogP contribution >= 0.6 is 0 Å². The number of hydrogen-bond donors (Lipinski definition) is 1. The molecule has 2 heterocycles. The van der Waals surface area contributed by atoms with Crippen LogP contribution in [0.2, 0.25) is 0 Å². The fourth-order valence-electron chi connectivity index (χ4n) is 3.23. The molecule has 0 spiro atoms. The number of fused-ring (bicyclic) bond motifs is 1. The molecule has 1 unspecified atom stereocenters. The number of benzene rings is 1. The van der Waals surface area contributed by atoms with E-state index in [2.05, 4.69) is 39.4 Å². The van der Waals surface area contributed by atoms with Gasteiger partial charge in [-0.25, -0.2) is 0 Å². The van der Waals surface area contributed by atoms with Crippen molar-refractivity contribution in [1.82, 2.24) is 9.80 Å². The molecule has 2 saturated heterocycles. The van der Waals surface area contributed by atoms with Gasteiger partial charge in [-0.3, -0.25) is 9.80 Å². The predicted molar refractivity (Wildman–Crippen MR) is 75.9 cm³/mol. The van der Waals surface area contributed by atoms with Gasteiger partial charge in [0.25, 0.3) is 0 Å². The van der Waals surface area contributed by atoms with Gasteiger partial charge in [0.2, 0.25) is 0 Å². The van der Waals surface area contributed by atoms with Crippen LogP contribution in [-0.2, 0) is 6.54 Å². The van der Waals surface area contributed by atoms with Crippen LogP contribution in [0.1, 0.15) is 18.4 Å². The summed E-state index contributed by atoms with van der Waals surface area (Å²) in [6.45, 7) is 6.18. The fraction of sp³-hybridized carbons (Fsp3) is 0.600. The molecule has 3 nitrogen and oxygen atoms in total. The summed E-state index contributed by atoms with van der Waals surface area (Å²) in [7, 11) is 1.97. The first kappa shape index (κ1) is 12.0. The molecule has 2 fully saturated rings. The third-order valence-corrected chi connectivity index (χ3v) is 4.32. The number of piperazine rings is 1. The Bertz CT molecular complexity index is 387. The standard InChI is InChI=1S/C15H23N3/c1-16-14-6-4-13(5-7-14)11-17-9-10-18-8-2-3-15(18)12-17/h4-7,15-16H,2-3,8-12H2,1H3. The van der Waals surface area contributed by atoms with E-state index in [4.69, 9.17) is 0 Å². The summed E-state index contributed by atoms with van der Waals surface area (Å²) >= 11 is 0. The number of anilines is 1. The highest BCUT2D eigenvalue weighted by Crippen LogP contribution is 2.22. The Hall–Kier alpha value is -1.06. The zero-order valence-electron chi connectivity index (χ0n) is 11.2.